The van der Waals surface area contributed by atoms with Crippen LogP contribution < -0.4 is 0 Å². The van der Waals surface area contributed by atoms with Crippen molar-refractivity contribution in [2.45, 2.75) is 104 Å². The summed E-state index contributed by atoms with van der Waals surface area (Å²) in [7, 11) is 0. The normalized spacial score (nSPS) is 12.0. The predicted molar refractivity (Wildman–Crippen MR) is 88.1 cm³/mol. The van der Waals surface area contributed by atoms with Crippen LogP contribution >= 0.6 is 0 Å². The van der Waals surface area contributed by atoms with Gasteiger partial charge >= 0.3 is 0 Å². The first kappa shape index (κ1) is 19.9. The molecule has 0 aromatic carbocycles. The minimum absolute atomic E-state index is 0.309. The van der Waals surface area contributed by atoms with Crippen molar-refractivity contribution < 1.29 is 9.47 Å². The lowest BCUT2D eigenvalue weighted by molar-refractivity contribution is -0.244. The third-order valence-electron chi connectivity index (χ3n) is 3.93. The molecule has 0 radical (unpaired) electrons. The molecular formula is C18H38O2. The van der Waals surface area contributed by atoms with Gasteiger partial charge in [0.2, 0.25) is 0 Å². The van der Waals surface area contributed by atoms with Crippen molar-refractivity contribution in [1.82, 2.24) is 0 Å². The molecule has 0 saturated carbocycles. The Kier molecular flexibility index (Phi) is 13.8. The van der Waals surface area contributed by atoms with Crippen molar-refractivity contribution >= 4 is 0 Å². The van der Waals surface area contributed by atoms with E-state index >= 15 is 0 Å². The van der Waals surface area contributed by atoms with Gasteiger partial charge in [-0.1, -0.05) is 66.2 Å². The van der Waals surface area contributed by atoms with Gasteiger partial charge in [0.25, 0.3) is 0 Å². The van der Waals surface area contributed by atoms with E-state index in [1.807, 2.05) is 0 Å². The van der Waals surface area contributed by atoms with Crippen LogP contribution in [0.4, 0.5) is 0 Å². The summed E-state index contributed by atoms with van der Waals surface area (Å²) in [5, 5.41) is 0. The van der Waals surface area contributed by atoms with Gasteiger partial charge in [0, 0.05) is 6.42 Å². The van der Waals surface area contributed by atoms with Crippen molar-refractivity contribution in [2.24, 2.45) is 0 Å². The second-order valence-corrected chi connectivity index (χ2v) is 5.83. The first-order chi connectivity index (χ1) is 9.74. The van der Waals surface area contributed by atoms with Crippen LogP contribution in [0.3, 0.4) is 0 Å². The lowest BCUT2D eigenvalue weighted by Crippen LogP contribution is -2.36. The van der Waals surface area contributed by atoms with Crippen LogP contribution in [0.2, 0.25) is 0 Å². The molecule has 0 aliphatic heterocycles. The van der Waals surface area contributed by atoms with E-state index in [2.05, 4.69) is 27.7 Å². The number of ether oxygens (including phenoxy) is 2. The molecule has 0 aliphatic rings. The van der Waals surface area contributed by atoms with Gasteiger partial charge in [0.05, 0.1) is 13.2 Å². The molecule has 0 atom stereocenters. The molecule has 2 nitrogen and oxygen atoms in total. The summed E-state index contributed by atoms with van der Waals surface area (Å²) in [6.45, 7) is 10.6. The number of rotatable bonds is 15. The van der Waals surface area contributed by atoms with Gasteiger partial charge in [0.1, 0.15) is 0 Å². The molecule has 122 valence electrons. The molecule has 2 heteroatoms. The van der Waals surface area contributed by atoms with Gasteiger partial charge in [-0.2, -0.15) is 0 Å². The summed E-state index contributed by atoms with van der Waals surface area (Å²) in [5.41, 5.74) is 0. The third kappa shape index (κ3) is 9.77. The molecule has 0 saturated heterocycles. The molecule has 0 N–H and O–H groups in total. The summed E-state index contributed by atoms with van der Waals surface area (Å²) >= 11 is 0. The van der Waals surface area contributed by atoms with E-state index in [4.69, 9.17) is 9.47 Å². The average Bonchev–Trinajstić information content (AvgIpc) is 2.47. The van der Waals surface area contributed by atoms with E-state index in [1.54, 1.807) is 0 Å². The highest BCUT2D eigenvalue weighted by Gasteiger charge is 2.29. The molecule has 20 heavy (non-hydrogen) atoms. The largest absolute Gasteiger partial charge is 0.350 e. The van der Waals surface area contributed by atoms with Gasteiger partial charge in [-0.25, -0.2) is 0 Å². The highest BCUT2D eigenvalue weighted by molar-refractivity contribution is 4.69. The van der Waals surface area contributed by atoms with Gasteiger partial charge < -0.3 is 9.47 Å². The van der Waals surface area contributed by atoms with Crippen molar-refractivity contribution in [1.29, 1.82) is 0 Å². The second-order valence-electron chi connectivity index (χ2n) is 5.83. The van der Waals surface area contributed by atoms with E-state index < -0.39 is 0 Å². The monoisotopic (exact) mass is 286 g/mol. The standard InChI is InChI=1S/C18H38O2/c1-5-9-12-13-14-15-18(8-4,19-16-10-6-2)20-17-11-7-3/h5-17H2,1-4H3. The first-order valence-electron chi connectivity index (χ1n) is 9.02. The fourth-order valence-corrected chi connectivity index (χ4v) is 2.37. The Bertz CT molecular complexity index is 182. The molecule has 0 bridgehead atoms. The average molecular weight is 286 g/mol. The van der Waals surface area contributed by atoms with Gasteiger partial charge in [-0.3, -0.25) is 0 Å². The van der Waals surface area contributed by atoms with Crippen molar-refractivity contribution in [3.63, 3.8) is 0 Å². The smallest absolute Gasteiger partial charge is 0.168 e. The fourth-order valence-electron chi connectivity index (χ4n) is 2.37. The Labute approximate surface area is 127 Å². The topological polar surface area (TPSA) is 18.5 Å². The Morgan fingerprint density at radius 3 is 1.55 bits per heavy atom. The number of unbranched alkanes of at least 4 members (excludes halogenated alkanes) is 6. The summed E-state index contributed by atoms with van der Waals surface area (Å²) in [4.78, 5) is 0. The van der Waals surface area contributed by atoms with E-state index in [-0.39, 0.29) is 5.79 Å². The predicted octanol–water partition coefficient (Wildman–Crippen LogP) is 6.09. The summed E-state index contributed by atoms with van der Waals surface area (Å²) in [6, 6.07) is 0. The van der Waals surface area contributed by atoms with Crippen LogP contribution in [-0.2, 0) is 9.47 Å². The minimum atomic E-state index is -0.309. The molecule has 0 spiro atoms. The third-order valence-corrected chi connectivity index (χ3v) is 3.93. The number of hydrogen-bond acceptors (Lipinski definition) is 2. The van der Waals surface area contributed by atoms with E-state index in [1.165, 1.54) is 44.9 Å². The van der Waals surface area contributed by atoms with Gasteiger partial charge in [-0.15, -0.1) is 0 Å². The second kappa shape index (κ2) is 13.9. The quantitative estimate of drug-likeness (QED) is 0.268. The zero-order valence-corrected chi connectivity index (χ0v) is 14.5. The van der Waals surface area contributed by atoms with Crippen LogP contribution in [0.1, 0.15) is 98.3 Å². The Morgan fingerprint density at radius 2 is 1.10 bits per heavy atom. The lowest BCUT2D eigenvalue weighted by atomic mass is 10.0. The van der Waals surface area contributed by atoms with Crippen LogP contribution in [0, 0.1) is 0 Å². The zero-order valence-electron chi connectivity index (χ0n) is 14.5. The van der Waals surface area contributed by atoms with Gasteiger partial charge in [0.15, 0.2) is 5.79 Å². The molecule has 0 rings (SSSR count). The van der Waals surface area contributed by atoms with Crippen molar-refractivity contribution in [2.75, 3.05) is 13.2 Å². The lowest BCUT2D eigenvalue weighted by Gasteiger charge is -2.33. The summed E-state index contributed by atoms with van der Waals surface area (Å²) < 4.78 is 12.3. The van der Waals surface area contributed by atoms with Crippen LogP contribution in [-0.4, -0.2) is 19.0 Å². The maximum Gasteiger partial charge on any atom is 0.168 e. The van der Waals surface area contributed by atoms with Gasteiger partial charge in [-0.05, 0) is 25.7 Å². The molecule has 0 fully saturated rings. The zero-order chi connectivity index (χ0) is 15.1. The maximum atomic E-state index is 6.15. The van der Waals surface area contributed by atoms with E-state index in [9.17, 15) is 0 Å². The maximum absolute atomic E-state index is 6.15. The summed E-state index contributed by atoms with van der Waals surface area (Å²) in [5.74, 6) is -0.309. The molecule has 0 heterocycles. The number of hydrogen-bond donors (Lipinski definition) is 0. The van der Waals surface area contributed by atoms with Crippen molar-refractivity contribution in [3.8, 4) is 0 Å². The Balaban J connectivity index is 4.17. The first-order valence-corrected chi connectivity index (χ1v) is 9.02. The van der Waals surface area contributed by atoms with Crippen molar-refractivity contribution in [3.05, 3.63) is 0 Å². The van der Waals surface area contributed by atoms with E-state index in [0.717, 1.165) is 38.9 Å². The molecule has 0 unspecified atom stereocenters. The van der Waals surface area contributed by atoms with E-state index in [0.29, 0.717) is 0 Å². The fraction of sp³-hybridized carbons (Fsp3) is 1.00. The Hall–Kier alpha value is -0.0800. The SMILES string of the molecule is CCCCCCCC(CC)(OCCCC)OCCCC. The molecular weight excluding hydrogens is 248 g/mol. The van der Waals surface area contributed by atoms with Crippen LogP contribution in [0.5, 0.6) is 0 Å². The highest BCUT2D eigenvalue weighted by Crippen LogP contribution is 2.26. The molecule has 0 aromatic heterocycles. The Morgan fingerprint density at radius 1 is 0.600 bits per heavy atom. The molecule has 0 aliphatic carbocycles. The van der Waals surface area contributed by atoms with Crippen LogP contribution in [0.25, 0.3) is 0 Å². The molecule has 0 aromatic rings. The summed E-state index contributed by atoms with van der Waals surface area (Å²) in [6.07, 6.45) is 13.2. The van der Waals surface area contributed by atoms with Crippen LogP contribution in [0.15, 0.2) is 0 Å². The minimum Gasteiger partial charge on any atom is -0.350 e. The molecule has 0 amide bonds. The highest BCUT2D eigenvalue weighted by atomic mass is 16.7.